The van der Waals surface area contributed by atoms with E-state index in [-0.39, 0.29) is 22.9 Å². The minimum absolute atomic E-state index is 0.227. The maximum absolute atomic E-state index is 13.8. The van der Waals surface area contributed by atoms with E-state index >= 15 is 0 Å². The Kier molecular flexibility index (Phi) is 6.38. The van der Waals surface area contributed by atoms with Gasteiger partial charge in [-0.05, 0) is 47.5 Å². The fourth-order valence-corrected chi connectivity index (χ4v) is 5.34. The van der Waals surface area contributed by atoms with E-state index in [4.69, 9.17) is 9.72 Å². The van der Waals surface area contributed by atoms with Crippen LogP contribution in [0.4, 0.5) is 4.79 Å². The van der Waals surface area contributed by atoms with E-state index in [9.17, 15) is 14.4 Å². The van der Waals surface area contributed by atoms with Crippen molar-refractivity contribution >= 4 is 50.5 Å². The Morgan fingerprint density at radius 3 is 2.24 bits per heavy atom. The van der Waals surface area contributed by atoms with Gasteiger partial charge in [0.2, 0.25) is 0 Å². The Balaban J connectivity index is 1.37. The Labute approximate surface area is 236 Å². The van der Waals surface area contributed by atoms with Gasteiger partial charge in [-0.1, -0.05) is 54.6 Å². The second-order valence-electron chi connectivity index (χ2n) is 10.2. The number of amides is 1. The van der Waals surface area contributed by atoms with Crippen molar-refractivity contribution in [1.82, 2.24) is 19.0 Å². The maximum atomic E-state index is 13.8. The number of hydrogen-bond donors (Lipinski definition) is 0. The van der Waals surface area contributed by atoms with E-state index < -0.39 is 5.97 Å². The Morgan fingerprint density at radius 1 is 0.854 bits per heavy atom. The molecule has 6 aromatic rings. The number of imidazole rings is 1. The molecule has 2 aromatic heterocycles. The standard InChI is InChI=1S/C33H28N4O4/c1-20-34-27-16-23-8-5-6-9-24(23)17-29(27)36(20)18-21-12-14-22(15-13-21)31(38)26-19-37(33(40)35(2)3)28-11-7-10-25(30(26)28)32(39)41-4/h5-17,19H,18H2,1-4H3. The van der Waals surface area contributed by atoms with Crippen molar-refractivity contribution in [3.05, 3.63) is 113 Å². The highest BCUT2D eigenvalue weighted by Gasteiger charge is 2.25. The molecular weight excluding hydrogens is 516 g/mol. The monoisotopic (exact) mass is 544 g/mol. The van der Waals surface area contributed by atoms with E-state index in [1.165, 1.54) is 22.8 Å². The molecule has 0 N–H and O–H groups in total. The van der Waals surface area contributed by atoms with Crippen LogP contribution in [0.15, 0.2) is 85.1 Å². The average Bonchev–Trinajstić information content (AvgIpc) is 3.52. The summed E-state index contributed by atoms with van der Waals surface area (Å²) in [7, 11) is 4.55. The molecule has 4 aromatic carbocycles. The molecule has 8 heteroatoms. The topological polar surface area (TPSA) is 86.4 Å². The molecule has 8 nitrogen and oxygen atoms in total. The van der Waals surface area contributed by atoms with Crippen LogP contribution >= 0.6 is 0 Å². The lowest BCUT2D eigenvalue weighted by Gasteiger charge is -2.11. The summed E-state index contributed by atoms with van der Waals surface area (Å²) in [5.74, 6) is 0.0360. The zero-order valence-electron chi connectivity index (χ0n) is 23.2. The fourth-order valence-electron chi connectivity index (χ4n) is 5.34. The van der Waals surface area contributed by atoms with E-state index in [0.717, 1.165) is 33.2 Å². The largest absolute Gasteiger partial charge is 0.465 e. The second kappa shape index (κ2) is 10.1. The lowest BCUT2D eigenvalue weighted by molar-refractivity contribution is 0.0603. The number of carbonyl (C=O) groups is 3. The number of rotatable bonds is 5. The molecule has 0 atom stereocenters. The van der Waals surface area contributed by atoms with Crippen molar-refractivity contribution in [3.63, 3.8) is 0 Å². The summed E-state index contributed by atoms with van der Waals surface area (Å²) in [6.07, 6.45) is 1.50. The van der Waals surface area contributed by atoms with Gasteiger partial charge in [-0.15, -0.1) is 0 Å². The first kappa shape index (κ1) is 26.0. The van der Waals surface area contributed by atoms with Crippen LogP contribution < -0.4 is 0 Å². The normalized spacial score (nSPS) is 11.3. The van der Waals surface area contributed by atoms with Crippen LogP contribution in [0.3, 0.4) is 0 Å². The smallest absolute Gasteiger partial charge is 0.338 e. The predicted octanol–water partition coefficient (Wildman–Crippen LogP) is 6.05. The highest BCUT2D eigenvalue weighted by atomic mass is 16.5. The zero-order chi connectivity index (χ0) is 28.8. The molecule has 0 aliphatic rings. The predicted molar refractivity (Wildman–Crippen MR) is 159 cm³/mol. The van der Waals surface area contributed by atoms with E-state index in [1.807, 2.05) is 31.2 Å². The third kappa shape index (κ3) is 4.43. The summed E-state index contributed by atoms with van der Waals surface area (Å²) < 4.78 is 8.53. The van der Waals surface area contributed by atoms with Gasteiger partial charge in [0, 0.05) is 43.4 Å². The Bertz CT molecular complexity index is 2000. The molecule has 1 amide bonds. The molecule has 0 saturated heterocycles. The molecule has 0 unspecified atom stereocenters. The van der Waals surface area contributed by atoms with Crippen molar-refractivity contribution in [2.24, 2.45) is 0 Å². The lowest BCUT2D eigenvalue weighted by atomic mass is 9.98. The lowest BCUT2D eigenvalue weighted by Crippen LogP contribution is -2.26. The van der Waals surface area contributed by atoms with Gasteiger partial charge in [-0.3, -0.25) is 9.36 Å². The number of ketones is 1. The molecule has 0 saturated carbocycles. The van der Waals surface area contributed by atoms with Crippen LogP contribution in [0, 0.1) is 6.92 Å². The van der Waals surface area contributed by atoms with Gasteiger partial charge in [0.15, 0.2) is 5.78 Å². The number of carbonyl (C=O) groups excluding carboxylic acids is 3. The third-order valence-electron chi connectivity index (χ3n) is 7.43. The van der Waals surface area contributed by atoms with E-state index in [0.29, 0.717) is 23.0 Å². The van der Waals surface area contributed by atoms with Crippen LogP contribution in [0.2, 0.25) is 0 Å². The molecule has 0 fully saturated rings. The van der Waals surface area contributed by atoms with Crippen LogP contribution in [-0.4, -0.2) is 58.0 Å². The summed E-state index contributed by atoms with van der Waals surface area (Å²) in [6.45, 7) is 2.59. The average molecular weight is 545 g/mol. The molecule has 6 rings (SSSR count). The van der Waals surface area contributed by atoms with Crippen molar-refractivity contribution in [3.8, 4) is 0 Å². The molecule has 0 radical (unpaired) electrons. The number of fused-ring (bicyclic) bond motifs is 3. The fraction of sp³-hybridized carbons (Fsp3) is 0.152. The number of methoxy groups -OCH3 is 1. The zero-order valence-corrected chi connectivity index (χ0v) is 23.2. The molecule has 2 heterocycles. The highest BCUT2D eigenvalue weighted by Crippen LogP contribution is 2.29. The van der Waals surface area contributed by atoms with E-state index in [2.05, 4.69) is 28.8 Å². The van der Waals surface area contributed by atoms with Gasteiger partial charge < -0.3 is 14.2 Å². The van der Waals surface area contributed by atoms with Crippen LogP contribution in [0.1, 0.15) is 37.7 Å². The number of benzene rings is 4. The summed E-state index contributed by atoms with van der Waals surface area (Å²) in [5.41, 5.74) is 4.40. The maximum Gasteiger partial charge on any atom is 0.338 e. The molecule has 0 aliphatic heterocycles. The summed E-state index contributed by atoms with van der Waals surface area (Å²) in [6, 6.07) is 24.5. The number of aromatic nitrogens is 3. The van der Waals surface area contributed by atoms with Crippen LogP contribution in [0.25, 0.3) is 32.7 Å². The third-order valence-corrected chi connectivity index (χ3v) is 7.43. The molecular formula is C33H28N4O4. The van der Waals surface area contributed by atoms with Crippen LogP contribution in [-0.2, 0) is 11.3 Å². The molecule has 0 spiro atoms. The highest BCUT2D eigenvalue weighted by molar-refractivity contribution is 6.21. The summed E-state index contributed by atoms with van der Waals surface area (Å²) in [5, 5.41) is 2.69. The first-order valence-electron chi connectivity index (χ1n) is 13.2. The molecule has 41 heavy (non-hydrogen) atoms. The Hall–Kier alpha value is -5.24. The quantitative estimate of drug-likeness (QED) is 0.195. The van der Waals surface area contributed by atoms with Gasteiger partial charge in [-0.2, -0.15) is 0 Å². The minimum Gasteiger partial charge on any atom is -0.465 e. The second-order valence-corrected chi connectivity index (χ2v) is 10.2. The minimum atomic E-state index is -0.578. The molecule has 0 bridgehead atoms. The first-order chi connectivity index (χ1) is 19.8. The number of aryl methyl sites for hydroxylation is 1. The summed E-state index contributed by atoms with van der Waals surface area (Å²) in [4.78, 5) is 45.5. The SMILES string of the molecule is COC(=O)c1cccc2c1c(C(=O)c1ccc(Cn3c(C)nc4cc5ccccc5cc43)cc1)cn2C(=O)N(C)C. The van der Waals surface area contributed by atoms with Gasteiger partial charge in [0.25, 0.3) is 0 Å². The van der Waals surface area contributed by atoms with Gasteiger partial charge >= 0.3 is 12.0 Å². The first-order valence-corrected chi connectivity index (χ1v) is 13.2. The van der Waals surface area contributed by atoms with Gasteiger partial charge in [-0.25, -0.2) is 14.6 Å². The number of ether oxygens (including phenoxy) is 1. The molecule has 0 aliphatic carbocycles. The van der Waals surface area contributed by atoms with E-state index in [1.54, 1.807) is 44.4 Å². The van der Waals surface area contributed by atoms with Crippen LogP contribution in [0.5, 0.6) is 0 Å². The molecule has 204 valence electrons. The number of hydrogen-bond acceptors (Lipinski definition) is 5. The van der Waals surface area contributed by atoms with Crippen molar-refractivity contribution in [2.75, 3.05) is 21.2 Å². The van der Waals surface area contributed by atoms with Gasteiger partial charge in [0.05, 0.1) is 29.2 Å². The Morgan fingerprint density at radius 2 is 1.56 bits per heavy atom. The van der Waals surface area contributed by atoms with Crippen molar-refractivity contribution in [1.29, 1.82) is 0 Å². The summed E-state index contributed by atoms with van der Waals surface area (Å²) >= 11 is 0. The van der Waals surface area contributed by atoms with Gasteiger partial charge in [0.1, 0.15) is 5.82 Å². The van der Waals surface area contributed by atoms with Crippen molar-refractivity contribution in [2.45, 2.75) is 13.5 Å². The number of esters is 1. The number of nitrogens with zero attached hydrogens (tertiary/aromatic N) is 4. The van der Waals surface area contributed by atoms with Crippen molar-refractivity contribution < 1.29 is 19.1 Å².